The van der Waals surface area contributed by atoms with Crippen molar-refractivity contribution < 1.29 is 5.11 Å². The van der Waals surface area contributed by atoms with Crippen LogP contribution in [0.15, 0.2) is 0 Å². The third-order valence-corrected chi connectivity index (χ3v) is 3.68. The van der Waals surface area contributed by atoms with E-state index in [9.17, 15) is 5.11 Å². The van der Waals surface area contributed by atoms with Gasteiger partial charge in [0.15, 0.2) is 0 Å². The first-order valence-electron chi connectivity index (χ1n) is 6.39. The molecule has 1 N–H and O–H groups in total. The van der Waals surface area contributed by atoms with Crippen LogP contribution in [-0.2, 0) is 0 Å². The van der Waals surface area contributed by atoms with E-state index < -0.39 is 0 Å². The molecular formula is C12H24N2O. The lowest BCUT2D eigenvalue weighted by Crippen LogP contribution is -2.62. The zero-order chi connectivity index (χ0) is 10.7. The second-order valence-corrected chi connectivity index (χ2v) is 5.23. The zero-order valence-electron chi connectivity index (χ0n) is 9.91. The molecule has 2 aliphatic heterocycles. The Morgan fingerprint density at radius 2 is 1.67 bits per heavy atom. The Bertz CT molecular complexity index is 196. The summed E-state index contributed by atoms with van der Waals surface area (Å²) < 4.78 is 0. The molecule has 0 amide bonds. The van der Waals surface area contributed by atoms with Crippen molar-refractivity contribution in [2.75, 3.05) is 39.3 Å². The molecule has 88 valence electrons. The van der Waals surface area contributed by atoms with E-state index in [1.165, 1.54) is 32.5 Å². The summed E-state index contributed by atoms with van der Waals surface area (Å²) in [4.78, 5) is 4.92. The first-order valence-corrected chi connectivity index (χ1v) is 6.39. The summed E-state index contributed by atoms with van der Waals surface area (Å²) in [5.74, 6) is 0. The summed E-state index contributed by atoms with van der Waals surface area (Å²) in [6.45, 7) is 8.85. The van der Waals surface area contributed by atoms with E-state index in [-0.39, 0.29) is 5.60 Å². The molecule has 0 aromatic carbocycles. The van der Waals surface area contributed by atoms with Gasteiger partial charge in [-0.05, 0) is 32.4 Å². The van der Waals surface area contributed by atoms with E-state index in [1.54, 1.807) is 0 Å². The normalized spacial score (nSPS) is 26.8. The molecule has 0 atom stereocenters. The molecule has 2 saturated heterocycles. The van der Waals surface area contributed by atoms with Crippen LogP contribution in [0.5, 0.6) is 0 Å². The molecule has 0 aliphatic carbocycles. The van der Waals surface area contributed by atoms with Crippen LogP contribution in [0.2, 0.25) is 0 Å². The van der Waals surface area contributed by atoms with E-state index in [2.05, 4.69) is 16.7 Å². The van der Waals surface area contributed by atoms with Gasteiger partial charge in [0.05, 0.1) is 5.60 Å². The van der Waals surface area contributed by atoms with Crippen molar-refractivity contribution in [3.8, 4) is 0 Å². The zero-order valence-corrected chi connectivity index (χ0v) is 9.91. The summed E-state index contributed by atoms with van der Waals surface area (Å²) in [5, 5.41) is 10.0. The Morgan fingerprint density at radius 3 is 2.27 bits per heavy atom. The monoisotopic (exact) mass is 212 g/mol. The molecule has 2 fully saturated rings. The van der Waals surface area contributed by atoms with Crippen LogP contribution in [-0.4, -0.2) is 59.8 Å². The first-order chi connectivity index (χ1) is 7.22. The number of hydrogen-bond donors (Lipinski definition) is 1. The van der Waals surface area contributed by atoms with Crippen molar-refractivity contribution in [2.45, 2.75) is 38.2 Å². The highest BCUT2D eigenvalue weighted by atomic mass is 16.3. The van der Waals surface area contributed by atoms with Crippen LogP contribution in [0, 0.1) is 0 Å². The Balaban J connectivity index is 1.59. The minimum Gasteiger partial charge on any atom is -0.387 e. The highest BCUT2D eigenvalue weighted by Crippen LogP contribution is 2.25. The minimum absolute atomic E-state index is 0.347. The van der Waals surface area contributed by atoms with Gasteiger partial charge in [-0.2, -0.15) is 0 Å². The van der Waals surface area contributed by atoms with Gasteiger partial charge in [-0.3, -0.25) is 4.90 Å². The van der Waals surface area contributed by atoms with Crippen molar-refractivity contribution in [3.63, 3.8) is 0 Å². The van der Waals surface area contributed by atoms with Gasteiger partial charge in [0.2, 0.25) is 0 Å². The molecule has 2 heterocycles. The third kappa shape index (κ3) is 2.92. The fourth-order valence-corrected chi connectivity index (χ4v) is 2.86. The number of nitrogens with zero attached hydrogens (tertiary/aromatic N) is 2. The molecule has 0 saturated carbocycles. The molecule has 0 bridgehead atoms. The summed E-state index contributed by atoms with van der Waals surface area (Å²) in [7, 11) is 0. The van der Waals surface area contributed by atoms with Crippen LogP contribution >= 0.6 is 0 Å². The lowest BCUT2D eigenvalue weighted by molar-refractivity contribution is -0.104. The molecule has 2 aliphatic rings. The Morgan fingerprint density at radius 1 is 1.07 bits per heavy atom. The van der Waals surface area contributed by atoms with Crippen LogP contribution in [0.25, 0.3) is 0 Å². The van der Waals surface area contributed by atoms with Crippen LogP contribution in [0.1, 0.15) is 32.6 Å². The number of β-amino-alcohol motifs (C(OH)–C–C–N with tert-alkyl or cyclic N) is 1. The van der Waals surface area contributed by atoms with Crippen molar-refractivity contribution in [2.24, 2.45) is 0 Å². The van der Waals surface area contributed by atoms with Crippen molar-refractivity contribution in [1.29, 1.82) is 0 Å². The van der Waals surface area contributed by atoms with E-state index in [0.717, 1.165) is 32.5 Å². The lowest BCUT2D eigenvalue weighted by Gasteiger charge is -2.47. The second-order valence-electron chi connectivity index (χ2n) is 5.23. The molecule has 3 nitrogen and oxygen atoms in total. The molecule has 0 aromatic rings. The molecule has 0 unspecified atom stereocenters. The largest absolute Gasteiger partial charge is 0.387 e. The standard InChI is InChI=1S/C12H24N2O/c1-2-5-12(15)10-14(11-12)9-8-13-6-3-4-7-13/h15H,2-11H2,1H3. The highest BCUT2D eigenvalue weighted by Gasteiger charge is 2.39. The molecule has 0 radical (unpaired) electrons. The van der Waals surface area contributed by atoms with E-state index in [4.69, 9.17) is 0 Å². The second kappa shape index (κ2) is 4.81. The minimum atomic E-state index is -0.347. The predicted molar refractivity (Wildman–Crippen MR) is 62.0 cm³/mol. The first kappa shape index (κ1) is 11.4. The quantitative estimate of drug-likeness (QED) is 0.734. The van der Waals surface area contributed by atoms with Crippen LogP contribution in [0.4, 0.5) is 0 Å². The third-order valence-electron chi connectivity index (χ3n) is 3.68. The van der Waals surface area contributed by atoms with Gasteiger partial charge in [-0.15, -0.1) is 0 Å². The summed E-state index contributed by atoms with van der Waals surface area (Å²) in [6.07, 6.45) is 4.81. The fraction of sp³-hybridized carbons (Fsp3) is 1.00. The summed E-state index contributed by atoms with van der Waals surface area (Å²) in [6, 6.07) is 0. The summed E-state index contributed by atoms with van der Waals surface area (Å²) >= 11 is 0. The maximum absolute atomic E-state index is 10.0. The van der Waals surface area contributed by atoms with Crippen molar-refractivity contribution in [3.05, 3.63) is 0 Å². The molecule has 15 heavy (non-hydrogen) atoms. The van der Waals surface area contributed by atoms with Crippen molar-refractivity contribution in [1.82, 2.24) is 9.80 Å². The molecule has 2 rings (SSSR count). The van der Waals surface area contributed by atoms with Gasteiger partial charge in [-0.1, -0.05) is 13.3 Å². The maximum Gasteiger partial charge on any atom is 0.0900 e. The SMILES string of the molecule is CCCC1(O)CN(CCN2CCCC2)C1. The predicted octanol–water partition coefficient (Wildman–Crippen LogP) is 0.929. The van der Waals surface area contributed by atoms with Gasteiger partial charge < -0.3 is 10.0 Å². The Hall–Kier alpha value is -0.120. The average molecular weight is 212 g/mol. The maximum atomic E-state index is 10.0. The van der Waals surface area contributed by atoms with Gasteiger partial charge in [-0.25, -0.2) is 0 Å². The lowest BCUT2D eigenvalue weighted by atomic mass is 9.89. The number of likely N-dealkylation sites (tertiary alicyclic amines) is 2. The molecular weight excluding hydrogens is 188 g/mol. The molecule has 0 aromatic heterocycles. The van der Waals surface area contributed by atoms with E-state index in [0.29, 0.717) is 0 Å². The van der Waals surface area contributed by atoms with Gasteiger partial charge in [0.25, 0.3) is 0 Å². The van der Waals surface area contributed by atoms with Crippen molar-refractivity contribution >= 4 is 0 Å². The van der Waals surface area contributed by atoms with Crippen LogP contribution in [0.3, 0.4) is 0 Å². The molecule has 0 spiro atoms. The fourth-order valence-electron chi connectivity index (χ4n) is 2.86. The topological polar surface area (TPSA) is 26.7 Å². The number of hydrogen-bond acceptors (Lipinski definition) is 3. The van der Waals surface area contributed by atoms with Gasteiger partial charge in [0, 0.05) is 26.2 Å². The van der Waals surface area contributed by atoms with E-state index in [1.807, 2.05) is 0 Å². The summed E-state index contributed by atoms with van der Waals surface area (Å²) in [5.41, 5.74) is -0.347. The Kier molecular flexibility index (Phi) is 3.65. The average Bonchev–Trinajstić information content (AvgIpc) is 2.64. The van der Waals surface area contributed by atoms with Crippen LogP contribution < -0.4 is 0 Å². The number of aliphatic hydroxyl groups is 1. The van der Waals surface area contributed by atoms with Gasteiger partial charge >= 0.3 is 0 Å². The molecule has 3 heteroatoms. The smallest absolute Gasteiger partial charge is 0.0900 e. The number of rotatable bonds is 5. The Labute approximate surface area is 93.1 Å². The van der Waals surface area contributed by atoms with E-state index >= 15 is 0 Å². The highest BCUT2D eigenvalue weighted by molar-refractivity contribution is 4.95. The van der Waals surface area contributed by atoms with Gasteiger partial charge in [0.1, 0.15) is 0 Å².